The number of primary amides is 1. The van der Waals surface area contributed by atoms with Crippen LogP contribution in [-0.2, 0) is 14.3 Å². The van der Waals surface area contributed by atoms with Gasteiger partial charge in [-0.05, 0) is 19.1 Å². The van der Waals surface area contributed by atoms with Crippen LogP contribution in [0.15, 0.2) is 24.3 Å². The lowest BCUT2D eigenvalue weighted by atomic mass is 10.2. The average molecular weight is 251 g/mol. The molecule has 2 rings (SSSR count). The van der Waals surface area contributed by atoms with Gasteiger partial charge in [0.25, 0.3) is 5.91 Å². The number of esters is 1. The summed E-state index contributed by atoms with van der Waals surface area (Å²) in [6.07, 6.45) is -1.88. The fraction of sp³-hybridized carbons (Fsp3) is 0.333. The molecular formula is C12H13NO5. The molecule has 0 aromatic heterocycles. The van der Waals surface area contributed by atoms with Crippen molar-refractivity contribution in [3.63, 3.8) is 0 Å². The fourth-order valence-electron chi connectivity index (χ4n) is 1.44. The maximum Gasteiger partial charge on any atom is 0.351 e. The molecule has 96 valence electrons. The number of ether oxygens (including phenoxy) is 3. The third kappa shape index (κ3) is 2.53. The van der Waals surface area contributed by atoms with Crippen LogP contribution in [0.1, 0.15) is 6.92 Å². The smallest absolute Gasteiger partial charge is 0.351 e. The summed E-state index contributed by atoms with van der Waals surface area (Å²) in [6.45, 7) is 1.44. The van der Waals surface area contributed by atoms with Gasteiger partial charge >= 0.3 is 5.97 Å². The normalized spacial score (nSPS) is 18.8. The number of benzene rings is 1. The molecule has 0 radical (unpaired) electrons. The van der Waals surface area contributed by atoms with E-state index < -0.39 is 24.1 Å². The van der Waals surface area contributed by atoms with Crippen LogP contribution < -0.4 is 15.2 Å². The molecule has 6 nitrogen and oxygen atoms in total. The molecule has 1 aliphatic heterocycles. The maximum absolute atomic E-state index is 11.7. The minimum atomic E-state index is -0.988. The highest BCUT2D eigenvalue weighted by molar-refractivity contribution is 5.83. The topological polar surface area (TPSA) is 87.8 Å². The lowest BCUT2D eigenvalue weighted by molar-refractivity contribution is -0.162. The molecule has 1 aromatic carbocycles. The first kappa shape index (κ1) is 12.2. The molecule has 0 aliphatic carbocycles. The molecule has 6 heteroatoms. The molecule has 0 saturated heterocycles. The van der Waals surface area contributed by atoms with Crippen LogP contribution in [-0.4, -0.2) is 30.7 Å². The van der Waals surface area contributed by atoms with Gasteiger partial charge in [0, 0.05) is 0 Å². The Balaban J connectivity index is 2.00. The highest BCUT2D eigenvalue weighted by atomic mass is 16.6. The molecule has 0 fully saturated rings. The molecule has 1 aromatic rings. The van der Waals surface area contributed by atoms with Crippen LogP contribution in [0.3, 0.4) is 0 Å². The average Bonchev–Trinajstić information content (AvgIpc) is 2.37. The van der Waals surface area contributed by atoms with Gasteiger partial charge < -0.3 is 19.9 Å². The number of rotatable bonds is 3. The number of hydrogen-bond acceptors (Lipinski definition) is 5. The Labute approximate surface area is 104 Å². The van der Waals surface area contributed by atoms with Gasteiger partial charge in [0.15, 0.2) is 17.6 Å². The summed E-state index contributed by atoms with van der Waals surface area (Å²) in [6, 6.07) is 6.99. The van der Waals surface area contributed by atoms with Crippen LogP contribution in [0.4, 0.5) is 0 Å². The van der Waals surface area contributed by atoms with Crippen molar-refractivity contribution >= 4 is 11.9 Å². The molecular weight excluding hydrogens is 238 g/mol. The van der Waals surface area contributed by atoms with E-state index in [1.807, 2.05) is 0 Å². The first-order valence-electron chi connectivity index (χ1n) is 5.46. The highest BCUT2D eigenvalue weighted by Gasteiger charge is 2.30. The van der Waals surface area contributed by atoms with E-state index in [-0.39, 0.29) is 6.61 Å². The Morgan fingerprint density at radius 1 is 1.39 bits per heavy atom. The third-order valence-corrected chi connectivity index (χ3v) is 2.47. The second-order valence-electron chi connectivity index (χ2n) is 3.85. The van der Waals surface area contributed by atoms with Crippen LogP contribution in [0, 0.1) is 0 Å². The zero-order valence-electron chi connectivity index (χ0n) is 9.79. The van der Waals surface area contributed by atoms with E-state index in [2.05, 4.69) is 0 Å². The summed E-state index contributed by atoms with van der Waals surface area (Å²) in [7, 11) is 0. The van der Waals surface area contributed by atoms with E-state index in [0.29, 0.717) is 11.5 Å². The Bertz CT molecular complexity index is 473. The molecule has 0 unspecified atom stereocenters. The van der Waals surface area contributed by atoms with Gasteiger partial charge in [-0.25, -0.2) is 4.79 Å². The van der Waals surface area contributed by atoms with Gasteiger partial charge in [-0.15, -0.1) is 0 Å². The lowest BCUT2D eigenvalue weighted by Crippen LogP contribution is -2.41. The van der Waals surface area contributed by atoms with E-state index in [1.54, 1.807) is 24.3 Å². The number of para-hydroxylation sites is 2. The molecule has 0 saturated carbocycles. The van der Waals surface area contributed by atoms with Gasteiger partial charge in [-0.3, -0.25) is 4.79 Å². The van der Waals surface area contributed by atoms with E-state index in [1.165, 1.54) is 6.92 Å². The summed E-state index contributed by atoms with van der Waals surface area (Å²) in [5.41, 5.74) is 5.00. The third-order valence-electron chi connectivity index (χ3n) is 2.47. The zero-order chi connectivity index (χ0) is 13.1. The molecule has 18 heavy (non-hydrogen) atoms. The summed E-state index contributed by atoms with van der Waals surface area (Å²) < 4.78 is 15.6. The predicted octanol–water partition coefficient (Wildman–Crippen LogP) is 0.243. The summed E-state index contributed by atoms with van der Waals surface area (Å²) in [5, 5.41) is 0. The van der Waals surface area contributed by atoms with Crippen LogP contribution in [0.5, 0.6) is 11.5 Å². The minimum absolute atomic E-state index is 0.0430. The Morgan fingerprint density at radius 2 is 2.06 bits per heavy atom. The Morgan fingerprint density at radius 3 is 2.72 bits per heavy atom. The van der Waals surface area contributed by atoms with Crippen molar-refractivity contribution in [3.8, 4) is 11.5 Å². The zero-order valence-corrected chi connectivity index (χ0v) is 9.79. The van der Waals surface area contributed by atoms with Gasteiger partial charge in [-0.2, -0.15) is 0 Å². The van der Waals surface area contributed by atoms with E-state index in [9.17, 15) is 9.59 Å². The van der Waals surface area contributed by atoms with E-state index in [0.717, 1.165) is 0 Å². The standard InChI is InChI=1S/C12H13NO5/c1-7(11(13)14)17-12(15)10-6-16-8-4-2-3-5-9(8)18-10/h2-5,7,10H,6H2,1H3,(H2,13,14)/t7-,10+/m1/s1. The van der Waals surface area contributed by atoms with Crippen molar-refractivity contribution in [2.24, 2.45) is 5.73 Å². The van der Waals surface area contributed by atoms with Gasteiger partial charge in [0.1, 0.15) is 6.61 Å². The van der Waals surface area contributed by atoms with Crippen LogP contribution in [0.2, 0.25) is 0 Å². The molecule has 0 bridgehead atoms. The molecule has 1 aliphatic rings. The van der Waals surface area contributed by atoms with Gasteiger partial charge in [0.2, 0.25) is 6.10 Å². The predicted molar refractivity (Wildman–Crippen MR) is 61.1 cm³/mol. The van der Waals surface area contributed by atoms with E-state index >= 15 is 0 Å². The second kappa shape index (κ2) is 4.95. The SMILES string of the molecule is C[C@@H](OC(=O)[C@@H]1COc2ccccc2O1)C(N)=O. The molecule has 2 N–H and O–H groups in total. The Hall–Kier alpha value is -2.24. The molecule has 1 amide bonds. The van der Waals surface area contributed by atoms with Crippen molar-refractivity contribution in [1.29, 1.82) is 0 Å². The summed E-state index contributed by atoms with van der Waals surface area (Å²) in [5.74, 6) is -0.335. The quantitative estimate of drug-likeness (QED) is 0.777. The number of fused-ring (bicyclic) bond motifs is 1. The summed E-state index contributed by atoms with van der Waals surface area (Å²) >= 11 is 0. The van der Waals surface area contributed by atoms with E-state index in [4.69, 9.17) is 19.9 Å². The number of carbonyl (C=O) groups excluding carboxylic acids is 2. The minimum Gasteiger partial charge on any atom is -0.485 e. The van der Waals surface area contributed by atoms with Crippen molar-refractivity contribution in [1.82, 2.24) is 0 Å². The first-order chi connectivity index (χ1) is 8.58. The van der Waals surface area contributed by atoms with Crippen LogP contribution in [0.25, 0.3) is 0 Å². The Kier molecular flexibility index (Phi) is 3.36. The number of nitrogens with two attached hydrogens (primary N) is 1. The molecule has 1 heterocycles. The maximum atomic E-state index is 11.7. The number of amides is 1. The van der Waals surface area contributed by atoms with Gasteiger partial charge in [-0.1, -0.05) is 12.1 Å². The van der Waals surface area contributed by atoms with Gasteiger partial charge in [0.05, 0.1) is 0 Å². The van der Waals surface area contributed by atoms with Crippen molar-refractivity contribution in [3.05, 3.63) is 24.3 Å². The number of hydrogen-bond donors (Lipinski definition) is 1. The first-order valence-corrected chi connectivity index (χ1v) is 5.46. The number of carbonyl (C=O) groups is 2. The van der Waals surface area contributed by atoms with Crippen molar-refractivity contribution in [2.75, 3.05) is 6.61 Å². The monoisotopic (exact) mass is 251 g/mol. The lowest BCUT2D eigenvalue weighted by Gasteiger charge is -2.25. The van der Waals surface area contributed by atoms with Crippen molar-refractivity contribution in [2.45, 2.75) is 19.1 Å². The largest absolute Gasteiger partial charge is 0.485 e. The van der Waals surface area contributed by atoms with Crippen molar-refractivity contribution < 1.29 is 23.8 Å². The molecule has 0 spiro atoms. The highest BCUT2D eigenvalue weighted by Crippen LogP contribution is 2.31. The fourth-order valence-corrected chi connectivity index (χ4v) is 1.44. The molecule has 2 atom stereocenters. The second-order valence-corrected chi connectivity index (χ2v) is 3.85. The van der Waals surface area contributed by atoms with Crippen LogP contribution >= 0.6 is 0 Å². The summed E-state index contributed by atoms with van der Waals surface area (Å²) in [4.78, 5) is 22.5.